The second kappa shape index (κ2) is 5.60. The maximum Gasteiger partial charge on any atom is 0.118 e. The fraction of sp³-hybridized carbons (Fsp3) is 0.158. The van der Waals surface area contributed by atoms with Crippen LogP contribution in [0.5, 0.6) is 5.75 Å². The molecule has 0 radical (unpaired) electrons. The Balaban J connectivity index is 2.16. The van der Waals surface area contributed by atoms with Gasteiger partial charge in [0.1, 0.15) is 5.75 Å². The minimum atomic E-state index is 0.773. The molecule has 3 nitrogen and oxygen atoms in total. The highest BCUT2D eigenvalue weighted by atomic mass is 16.5. The molecule has 3 rings (SSSR count). The molecule has 3 heteroatoms. The third-order valence-corrected chi connectivity index (χ3v) is 3.94. The largest absolute Gasteiger partial charge is 0.497 e. The number of hydrogen-bond acceptors (Lipinski definition) is 2. The molecule has 0 aliphatic heterocycles. The molecule has 0 fully saturated rings. The Hall–Kier alpha value is -2.68. The van der Waals surface area contributed by atoms with Gasteiger partial charge in [0.05, 0.1) is 18.5 Å². The highest BCUT2D eigenvalue weighted by Crippen LogP contribution is 2.30. The summed E-state index contributed by atoms with van der Waals surface area (Å²) in [7, 11) is 1.68. The number of nitrogens with two attached hydrogens (primary N) is 1. The fourth-order valence-corrected chi connectivity index (χ4v) is 2.71. The number of nitrogens with zero attached hydrogens (tertiary/aromatic N) is 1. The van der Waals surface area contributed by atoms with Gasteiger partial charge in [-0.15, -0.1) is 0 Å². The Bertz CT molecular complexity index is 801. The predicted molar refractivity (Wildman–Crippen MR) is 91.6 cm³/mol. The smallest absolute Gasteiger partial charge is 0.118 e. The van der Waals surface area contributed by atoms with Crippen molar-refractivity contribution in [2.24, 2.45) is 0 Å². The summed E-state index contributed by atoms with van der Waals surface area (Å²) in [4.78, 5) is 0. The van der Waals surface area contributed by atoms with Crippen LogP contribution in [0.25, 0.3) is 16.9 Å². The van der Waals surface area contributed by atoms with Crippen molar-refractivity contribution in [3.05, 3.63) is 65.9 Å². The summed E-state index contributed by atoms with van der Waals surface area (Å²) in [5, 5.41) is 0. The van der Waals surface area contributed by atoms with E-state index in [1.807, 2.05) is 24.3 Å². The molecular weight excluding hydrogens is 272 g/mol. The van der Waals surface area contributed by atoms with Crippen LogP contribution < -0.4 is 10.5 Å². The number of anilines is 1. The highest BCUT2D eigenvalue weighted by Gasteiger charge is 2.11. The quantitative estimate of drug-likeness (QED) is 0.729. The lowest BCUT2D eigenvalue weighted by atomic mass is 10.1. The molecule has 0 bridgehead atoms. The number of ether oxygens (including phenoxy) is 1. The van der Waals surface area contributed by atoms with E-state index >= 15 is 0 Å². The van der Waals surface area contributed by atoms with Crippen molar-refractivity contribution in [3.8, 4) is 22.7 Å². The summed E-state index contributed by atoms with van der Waals surface area (Å²) in [6.07, 6.45) is 0. The van der Waals surface area contributed by atoms with Gasteiger partial charge in [-0.1, -0.05) is 6.07 Å². The van der Waals surface area contributed by atoms with E-state index in [0.29, 0.717) is 0 Å². The number of rotatable bonds is 3. The van der Waals surface area contributed by atoms with Crippen LogP contribution in [0.3, 0.4) is 0 Å². The van der Waals surface area contributed by atoms with Gasteiger partial charge in [-0.05, 0) is 73.5 Å². The molecule has 1 heterocycles. The molecule has 0 saturated carbocycles. The van der Waals surface area contributed by atoms with Crippen molar-refractivity contribution in [1.82, 2.24) is 4.57 Å². The molecule has 3 aromatic rings. The summed E-state index contributed by atoms with van der Waals surface area (Å²) >= 11 is 0. The Morgan fingerprint density at radius 2 is 1.64 bits per heavy atom. The minimum absolute atomic E-state index is 0.773. The van der Waals surface area contributed by atoms with E-state index in [0.717, 1.165) is 28.4 Å². The minimum Gasteiger partial charge on any atom is -0.497 e. The van der Waals surface area contributed by atoms with Crippen molar-refractivity contribution in [3.63, 3.8) is 0 Å². The van der Waals surface area contributed by atoms with E-state index in [-0.39, 0.29) is 0 Å². The van der Waals surface area contributed by atoms with Crippen molar-refractivity contribution >= 4 is 5.69 Å². The molecule has 0 unspecified atom stereocenters. The zero-order chi connectivity index (χ0) is 15.7. The Kier molecular flexibility index (Phi) is 3.63. The summed E-state index contributed by atoms with van der Waals surface area (Å²) in [6, 6.07) is 18.4. The van der Waals surface area contributed by atoms with Gasteiger partial charge in [-0.2, -0.15) is 0 Å². The molecule has 0 saturated heterocycles. The Labute approximate surface area is 131 Å². The van der Waals surface area contributed by atoms with Crippen LogP contribution in [0.4, 0.5) is 5.69 Å². The molecule has 0 aliphatic rings. The third-order valence-electron chi connectivity index (χ3n) is 3.94. The number of benzene rings is 2. The number of aryl methyl sites for hydroxylation is 2. The first-order chi connectivity index (χ1) is 10.6. The first-order valence-corrected chi connectivity index (χ1v) is 7.29. The van der Waals surface area contributed by atoms with E-state index in [1.54, 1.807) is 7.11 Å². The lowest BCUT2D eigenvalue weighted by molar-refractivity contribution is 0.415. The van der Waals surface area contributed by atoms with Gasteiger partial charge in [0.2, 0.25) is 0 Å². The van der Waals surface area contributed by atoms with Crippen LogP contribution in [0.1, 0.15) is 11.3 Å². The predicted octanol–water partition coefficient (Wildman–Crippen LogP) is 4.35. The Morgan fingerprint density at radius 3 is 2.32 bits per heavy atom. The van der Waals surface area contributed by atoms with Crippen LogP contribution in [0.15, 0.2) is 54.6 Å². The zero-order valence-electron chi connectivity index (χ0n) is 13.1. The van der Waals surface area contributed by atoms with E-state index in [4.69, 9.17) is 10.5 Å². The van der Waals surface area contributed by atoms with Gasteiger partial charge in [0.15, 0.2) is 0 Å². The normalized spacial score (nSPS) is 10.7. The molecule has 0 spiro atoms. The summed E-state index contributed by atoms with van der Waals surface area (Å²) < 4.78 is 7.48. The molecule has 0 atom stereocenters. The zero-order valence-corrected chi connectivity index (χ0v) is 13.1. The van der Waals surface area contributed by atoms with E-state index in [1.165, 1.54) is 11.3 Å². The van der Waals surface area contributed by atoms with Crippen molar-refractivity contribution in [2.45, 2.75) is 13.8 Å². The van der Waals surface area contributed by atoms with Crippen LogP contribution in [-0.2, 0) is 0 Å². The molecule has 2 N–H and O–H groups in total. The van der Waals surface area contributed by atoms with E-state index < -0.39 is 0 Å². The second-order valence-electron chi connectivity index (χ2n) is 5.47. The molecule has 22 heavy (non-hydrogen) atoms. The van der Waals surface area contributed by atoms with Gasteiger partial charge in [-0.3, -0.25) is 0 Å². The average molecular weight is 292 g/mol. The molecule has 0 aliphatic carbocycles. The first-order valence-electron chi connectivity index (χ1n) is 7.29. The monoisotopic (exact) mass is 292 g/mol. The van der Waals surface area contributed by atoms with E-state index in [9.17, 15) is 0 Å². The van der Waals surface area contributed by atoms with Gasteiger partial charge in [-0.25, -0.2) is 0 Å². The summed E-state index contributed by atoms with van der Waals surface area (Å²) in [6.45, 7) is 4.21. The van der Waals surface area contributed by atoms with Crippen LogP contribution >= 0.6 is 0 Å². The number of aromatic nitrogens is 1. The van der Waals surface area contributed by atoms with E-state index in [2.05, 4.69) is 48.7 Å². The standard InChI is InChI=1S/C19H20N2O/c1-13-4-8-16(20)12-19(13)21-14(2)5-11-18(21)15-6-9-17(22-3)10-7-15/h4-12H,20H2,1-3H3. The van der Waals surface area contributed by atoms with Crippen LogP contribution in [0, 0.1) is 13.8 Å². The molecule has 2 aromatic carbocycles. The van der Waals surface area contributed by atoms with Crippen LogP contribution in [-0.4, -0.2) is 11.7 Å². The molecule has 1 aromatic heterocycles. The van der Waals surface area contributed by atoms with Crippen LogP contribution in [0.2, 0.25) is 0 Å². The lowest BCUT2D eigenvalue weighted by Crippen LogP contribution is -2.02. The molecular formula is C19H20N2O. The van der Waals surface area contributed by atoms with Crippen molar-refractivity contribution in [2.75, 3.05) is 12.8 Å². The first kappa shape index (κ1) is 14.3. The number of hydrogen-bond donors (Lipinski definition) is 1. The number of methoxy groups -OCH3 is 1. The van der Waals surface area contributed by atoms with Gasteiger partial charge in [0, 0.05) is 11.4 Å². The van der Waals surface area contributed by atoms with Crippen molar-refractivity contribution < 1.29 is 4.74 Å². The third kappa shape index (κ3) is 2.46. The van der Waals surface area contributed by atoms with Gasteiger partial charge < -0.3 is 15.0 Å². The second-order valence-corrected chi connectivity index (χ2v) is 5.47. The summed E-state index contributed by atoms with van der Waals surface area (Å²) in [5.74, 6) is 0.860. The molecule has 112 valence electrons. The summed E-state index contributed by atoms with van der Waals surface area (Å²) in [5.41, 5.74) is 12.5. The van der Waals surface area contributed by atoms with Crippen molar-refractivity contribution in [1.29, 1.82) is 0 Å². The van der Waals surface area contributed by atoms with Gasteiger partial charge in [0.25, 0.3) is 0 Å². The lowest BCUT2D eigenvalue weighted by Gasteiger charge is -2.15. The maximum absolute atomic E-state index is 5.98. The SMILES string of the molecule is COc1ccc(-c2ccc(C)n2-c2cc(N)ccc2C)cc1. The Morgan fingerprint density at radius 1 is 0.909 bits per heavy atom. The number of nitrogen functional groups attached to an aromatic ring is 1. The van der Waals surface area contributed by atoms with Gasteiger partial charge >= 0.3 is 0 Å². The fourth-order valence-electron chi connectivity index (χ4n) is 2.71. The highest BCUT2D eigenvalue weighted by molar-refractivity contribution is 5.67. The topological polar surface area (TPSA) is 40.2 Å². The molecule has 0 amide bonds. The maximum atomic E-state index is 5.98. The average Bonchev–Trinajstić information content (AvgIpc) is 2.91.